The van der Waals surface area contributed by atoms with E-state index >= 15 is 0 Å². The maximum atomic E-state index is 5.93. The fourth-order valence-electron chi connectivity index (χ4n) is 1.29. The van der Waals surface area contributed by atoms with E-state index in [0.29, 0.717) is 0 Å². The van der Waals surface area contributed by atoms with Crippen molar-refractivity contribution in [3.05, 3.63) is 24.3 Å². The Morgan fingerprint density at radius 1 is 1.31 bits per heavy atom. The van der Waals surface area contributed by atoms with Crippen molar-refractivity contribution in [2.75, 3.05) is 0 Å². The highest BCUT2D eigenvalue weighted by Gasteiger charge is 2.17. The SMILES string of the molecule is CC(C)(N)n1nnc2ccccc21. The van der Waals surface area contributed by atoms with Crippen LogP contribution < -0.4 is 5.73 Å². The summed E-state index contributed by atoms with van der Waals surface area (Å²) in [5.74, 6) is 0. The van der Waals surface area contributed by atoms with E-state index in [1.807, 2.05) is 38.1 Å². The summed E-state index contributed by atoms with van der Waals surface area (Å²) in [6, 6.07) is 7.77. The Morgan fingerprint density at radius 3 is 2.69 bits per heavy atom. The number of para-hydroxylation sites is 1. The van der Waals surface area contributed by atoms with Crippen molar-refractivity contribution in [2.24, 2.45) is 5.73 Å². The van der Waals surface area contributed by atoms with Gasteiger partial charge in [0.2, 0.25) is 0 Å². The van der Waals surface area contributed by atoms with Crippen LogP contribution in [0.3, 0.4) is 0 Å². The average Bonchev–Trinajstić information content (AvgIpc) is 2.45. The zero-order valence-electron chi connectivity index (χ0n) is 7.73. The molecule has 0 spiro atoms. The van der Waals surface area contributed by atoms with Gasteiger partial charge < -0.3 is 5.73 Å². The van der Waals surface area contributed by atoms with Crippen LogP contribution >= 0.6 is 0 Å². The minimum Gasteiger partial charge on any atom is -0.308 e. The summed E-state index contributed by atoms with van der Waals surface area (Å²) in [6.45, 7) is 3.79. The van der Waals surface area contributed by atoms with Gasteiger partial charge in [0.25, 0.3) is 0 Å². The molecule has 0 saturated heterocycles. The van der Waals surface area contributed by atoms with Crippen molar-refractivity contribution in [1.82, 2.24) is 15.0 Å². The monoisotopic (exact) mass is 176 g/mol. The third-order valence-corrected chi connectivity index (χ3v) is 1.90. The topological polar surface area (TPSA) is 56.7 Å². The Hall–Kier alpha value is -1.42. The maximum absolute atomic E-state index is 5.93. The fraction of sp³-hybridized carbons (Fsp3) is 0.333. The Kier molecular flexibility index (Phi) is 1.60. The first-order valence-corrected chi connectivity index (χ1v) is 4.19. The van der Waals surface area contributed by atoms with Crippen molar-refractivity contribution in [1.29, 1.82) is 0 Å². The van der Waals surface area contributed by atoms with Gasteiger partial charge in [-0.15, -0.1) is 5.10 Å². The smallest absolute Gasteiger partial charge is 0.113 e. The molecular weight excluding hydrogens is 164 g/mol. The third-order valence-electron chi connectivity index (χ3n) is 1.90. The van der Waals surface area contributed by atoms with Crippen molar-refractivity contribution in [3.63, 3.8) is 0 Å². The minimum absolute atomic E-state index is 0.504. The molecule has 0 radical (unpaired) electrons. The summed E-state index contributed by atoms with van der Waals surface area (Å²) in [5, 5.41) is 8.03. The van der Waals surface area contributed by atoms with Gasteiger partial charge in [-0.3, -0.25) is 0 Å². The molecule has 1 aromatic carbocycles. The fourth-order valence-corrected chi connectivity index (χ4v) is 1.29. The molecule has 0 amide bonds. The van der Waals surface area contributed by atoms with Crippen LogP contribution in [-0.2, 0) is 5.66 Å². The molecule has 0 saturated carbocycles. The summed E-state index contributed by atoms with van der Waals surface area (Å²) in [7, 11) is 0. The lowest BCUT2D eigenvalue weighted by molar-refractivity contribution is 0.336. The van der Waals surface area contributed by atoms with Crippen LogP contribution in [0.15, 0.2) is 24.3 Å². The third kappa shape index (κ3) is 1.29. The number of hydrogen-bond donors (Lipinski definition) is 1. The molecule has 4 heteroatoms. The summed E-state index contributed by atoms with van der Waals surface area (Å²) in [4.78, 5) is 0. The second-order valence-electron chi connectivity index (χ2n) is 3.64. The molecule has 0 fully saturated rings. The Morgan fingerprint density at radius 2 is 2.00 bits per heavy atom. The summed E-state index contributed by atoms with van der Waals surface area (Å²) in [5.41, 5.74) is 7.27. The van der Waals surface area contributed by atoms with Gasteiger partial charge in [-0.2, -0.15) is 0 Å². The molecule has 4 nitrogen and oxygen atoms in total. The maximum Gasteiger partial charge on any atom is 0.113 e. The molecule has 0 bridgehead atoms. The number of hydrogen-bond acceptors (Lipinski definition) is 3. The van der Waals surface area contributed by atoms with Crippen LogP contribution in [0.2, 0.25) is 0 Å². The highest BCUT2D eigenvalue weighted by Crippen LogP contribution is 2.15. The van der Waals surface area contributed by atoms with E-state index in [4.69, 9.17) is 5.73 Å². The molecule has 13 heavy (non-hydrogen) atoms. The van der Waals surface area contributed by atoms with Gasteiger partial charge in [-0.25, -0.2) is 4.68 Å². The molecule has 0 unspecified atom stereocenters. The molecule has 0 aliphatic heterocycles. The van der Waals surface area contributed by atoms with Crippen molar-refractivity contribution in [2.45, 2.75) is 19.5 Å². The van der Waals surface area contributed by atoms with Gasteiger partial charge >= 0.3 is 0 Å². The lowest BCUT2D eigenvalue weighted by Gasteiger charge is -2.18. The van der Waals surface area contributed by atoms with Crippen molar-refractivity contribution >= 4 is 11.0 Å². The zero-order valence-corrected chi connectivity index (χ0v) is 7.73. The average molecular weight is 176 g/mol. The minimum atomic E-state index is -0.504. The van der Waals surface area contributed by atoms with Gasteiger partial charge in [0.15, 0.2) is 0 Å². The van der Waals surface area contributed by atoms with E-state index < -0.39 is 5.66 Å². The van der Waals surface area contributed by atoms with Gasteiger partial charge in [-0.1, -0.05) is 17.3 Å². The largest absolute Gasteiger partial charge is 0.308 e. The van der Waals surface area contributed by atoms with Gasteiger partial charge in [-0.05, 0) is 26.0 Å². The van der Waals surface area contributed by atoms with Crippen LogP contribution in [0, 0.1) is 0 Å². The Bertz CT molecular complexity index is 424. The first kappa shape index (κ1) is 8.19. The van der Waals surface area contributed by atoms with E-state index in [9.17, 15) is 0 Å². The highest BCUT2D eigenvalue weighted by atomic mass is 15.5. The summed E-state index contributed by atoms with van der Waals surface area (Å²) < 4.78 is 1.72. The normalized spacial score (nSPS) is 12.2. The van der Waals surface area contributed by atoms with E-state index in [1.54, 1.807) is 4.68 Å². The zero-order chi connectivity index (χ0) is 9.47. The predicted molar refractivity (Wildman–Crippen MR) is 51.0 cm³/mol. The van der Waals surface area contributed by atoms with Gasteiger partial charge in [0.05, 0.1) is 5.52 Å². The molecule has 2 rings (SSSR count). The Balaban J connectivity index is 2.72. The second kappa shape index (κ2) is 2.53. The molecule has 0 aliphatic rings. The Labute approximate surface area is 76.3 Å². The van der Waals surface area contributed by atoms with Crippen molar-refractivity contribution < 1.29 is 0 Å². The van der Waals surface area contributed by atoms with E-state index in [1.165, 1.54) is 0 Å². The number of nitrogens with two attached hydrogens (primary N) is 1. The number of rotatable bonds is 1. The van der Waals surface area contributed by atoms with Crippen LogP contribution in [0.25, 0.3) is 11.0 Å². The van der Waals surface area contributed by atoms with E-state index in [2.05, 4.69) is 10.3 Å². The van der Waals surface area contributed by atoms with E-state index in [-0.39, 0.29) is 0 Å². The molecule has 1 aromatic heterocycles. The molecule has 1 heterocycles. The molecule has 0 aliphatic carbocycles. The molecule has 2 N–H and O–H groups in total. The van der Waals surface area contributed by atoms with Gasteiger partial charge in [0, 0.05) is 0 Å². The molecule has 68 valence electrons. The van der Waals surface area contributed by atoms with E-state index in [0.717, 1.165) is 11.0 Å². The first-order valence-electron chi connectivity index (χ1n) is 4.19. The highest BCUT2D eigenvalue weighted by molar-refractivity contribution is 5.74. The summed E-state index contributed by atoms with van der Waals surface area (Å²) >= 11 is 0. The quantitative estimate of drug-likeness (QED) is 0.707. The van der Waals surface area contributed by atoms with Crippen molar-refractivity contribution in [3.8, 4) is 0 Å². The number of aromatic nitrogens is 3. The number of nitrogens with zero attached hydrogens (tertiary/aromatic N) is 3. The first-order chi connectivity index (χ1) is 6.09. The standard InChI is InChI=1S/C9H12N4/c1-9(2,10)13-8-6-4-3-5-7(8)11-12-13/h3-6H,10H2,1-2H3. The predicted octanol–water partition coefficient (Wildman–Crippen LogP) is 1.08. The second-order valence-corrected chi connectivity index (χ2v) is 3.64. The van der Waals surface area contributed by atoms with Crippen LogP contribution in [0.5, 0.6) is 0 Å². The van der Waals surface area contributed by atoms with Crippen LogP contribution in [-0.4, -0.2) is 15.0 Å². The summed E-state index contributed by atoms with van der Waals surface area (Å²) in [6.07, 6.45) is 0. The van der Waals surface area contributed by atoms with Gasteiger partial charge in [0.1, 0.15) is 11.2 Å². The molecular formula is C9H12N4. The lowest BCUT2D eigenvalue weighted by atomic mass is 10.2. The number of fused-ring (bicyclic) bond motifs is 1. The van der Waals surface area contributed by atoms with Crippen LogP contribution in [0.4, 0.5) is 0 Å². The molecule has 2 aromatic rings. The lowest BCUT2D eigenvalue weighted by Crippen LogP contribution is -2.37. The molecule has 0 atom stereocenters. The number of benzene rings is 1. The van der Waals surface area contributed by atoms with Crippen LogP contribution in [0.1, 0.15) is 13.8 Å².